The number of rotatable bonds is 3. The van der Waals surface area contributed by atoms with E-state index in [1.165, 1.54) is 13.2 Å². The first kappa shape index (κ1) is 12.8. The van der Waals surface area contributed by atoms with Crippen molar-refractivity contribution < 1.29 is 17.9 Å². The van der Waals surface area contributed by atoms with Gasteiger partial charge in [-0.25, -0.2) is 0 Å². The Morgan fingerprint density at radius 1 is 1.38 bits per heavy atom. The molecular formula is C10H13F3N2O. The van der Waals surface area contributed by atoms with Gasteiger partial charge in [-0.3, -0.25) is 0 Å². The lowest BCUT2D eigenvalue weighted by atomic mass is 10.0. The number of alkyl halides is 3. The van der Waals surface area contributed by atoms with Crippen LogP contribution in [0.1, 0.15) is 17.2 Å². The van der Waals surface area contributed by atoms with Crippen molar-refractivity contribution >= 4 is 5.69 Å². The molecule has 6 heteroatoms. The van der Waals surface area contributed by atoms with Crippen LogP contribution < -0.4 is 11.5 Å². The molecule has 0 aliphatic heterocycles. The van der Waals surface area contributed by atoms with Crippen LogP contribution in [0.2, 0.25) is 0 Å². The molecule has 0 aromatic heterocycles. The average Bonchev–Trinajstić information content (AvgIpc) is 2.16. The summed E-state index contributed by atoms with van der Waals surface area (Å²) in [4.78, 5) is 0. The molecule has 1 atom stereocenters. The van der Waals surface area contributed by atoms with E-state index in [1.807, 2.05) is 0 Å². The van der Waals surface area contributed by atoms with Crippen molar-refractivity contribution in [3.05, 3.63) is 29.3 Å². The number of benzene rings is 1. The predicted molar refractivity (Wildman–Crippen MR) is 54.7 cm³/mol. The van der Waals surface area contributed by atoms with E-state index in [0.717, 1.165) is 12.1 Å². The number of nitrogen functional groups attached to an aromatic ring is 1. The van der Waals surface area contributed by atoms with Crippen LogP contribution >= 0.6 is 0 Å². The molecule has 0 fully saturated rings. The number of anilines is 1. The van der Waals surface area contributed by atoms with Crippen molar-refractivity contribution in [2.24, 2.45) is 5.73 Å². The van der Waals surface area contributed by atoms with Crippen LogP contribution in [-0.2, 0) is 10.9 Å². The lowest BCUT2D eigenvalue weighted by molar-refractivity contribution is -0.137. The van der Waals surface area contributed by atoms with Crippen LogP contribution in [-0.4, -0.2) is 13.7 Å². The summed E-state index contributed by atoms with van der Waals surface area (Å²) in [7, 11) is 1.42. The Morgan fingerprint density at radius 2 is 2.00 bits per heavy atom. The topological polar surface area (TPSA) is 61.3 Å². The Labute approximate surface area is 91.2 Å². The van der Waals surface area contributed by atoms with Gasteiger partial charge in [0.2, 0.25) is 0 Å². The largest absolute Gasteiger partial charge is 0.416 e. The van der Waals surface area contributed by atoms with Gasteiger partial charge in [0.1, 0.15) is 0 Å². The number of nitrogens with two attached hydrogens (primary N) is 2. The van der Waals surface area contributed by atoms with Gasteiger partial charge in [0.15, 0.2) is 0 Å². The summed E-state index contributed by atoms with van der Waals surface area (Å²) < 4.78 is 42.1. The van der Waals surface area contributed by atoms with E-state index in [9.17, 15) is 13.2 Å². The third-order valence-corrected chi connectivity index (χ3v) is 2.16. The Kier molecular flexibility index (Phi) is 3.77. The van der Waals surface area contributed by atoms with E-state index in [4.69, 9.17) is 16.2 Å². The van der Waals surface area contributed by atoms with E-state index in [2.05, 4.69) is 0 Å². The molecular weight excluding hydrogens is 221 g/mol. The van der Waals surface area contributed by atoms with Crippen LogP contribution in [0.5, 0.6) is 0 Å². The summed E-state index contributed by atoms with van der Waals surface area (Å²) in [6.45, 7) is 0.117. The van der Waals surface area contributed by atoms with E-state index < -0.39 is 17.8 Å². The Hall–Kier alpha value is -1.27. The van der Waals surface area contributed by atoms with E-state index in [1.54, 1.807) is 0 Å². The molecule has 1 aromatic carbocycles. The monoisotopic (exact) mass is 234 g/mol. The van der Waals surface area contributed by atoms with Crippen LogP contribution in [0.15, 0.2) is 18.2 Å². The maximum atomic E-state index is 12.4. The zero-order chi connectivity index (χ0) is 12.3. The number of ether oxygens (including phenoxy) is 1. The highest BCUT2D eigenvalue weighted by Gasteiger charge is 2.31. The minimum absolute atomic E-state index is 0.117. The second-order valence-electron chi connectivity index (χ2n) is 3.40. The summed E-state index contributed by atoms with van der Waals surface area (Å²) in [5.74, 6) is 0. The molecule has 0 saturated carbocycles. The molecule has 0 amide bonds. The molecule has 0 spiro atoms. The van der Waals surface area contributed by atoms with Gasteiger partial charge in [-0.15, -0.1) is 0 Å². The minimum atomic E-state index is -4.39. The van der Waals surface area contributed by atoms with Crippen molar-refractivity contribution in [2.45, 2.75) is 12.2 Å². The van der Waals surface area contributed by atoms with Gasteiger partial charge in [0.05, 0.1) is 18.2 Å². The molecule has 0 aliphatic carbocycles. The highest BCUT2D eigenvalue weighted by atomic mass is 19.4. The summed E-state index contributed by atoms with van der Waals surface area (Å²) in [5.41, 5.74) is 10.9. The van der Waals surface area contributed by atoms with Crippen LogP contribution in [0, 0.1) is 0 Å². The number of halogens is 3. The van der Waals surface area contributed by atoms with E-state index in [0.29, 0.717) is 0 Å². The first-order valence-corrected chi connectivity index (χ1v) is 4.57. The highest BCUT2D eigenvalue weighted by Crippen LogP contribution is 2.32. The molecule has 0 aliphatic rings. The molecule has 90 valence electrons. The molecule has 4 N–H and O–H groups in total. The van der Waals surface area contributed by atoms with Gasteiger partial charge in [-0.1, -0.05) is 0 Å². The third kappa shape index (κ3) is 2.86. The van der Waals surface area contributed by atoms with Crippen molar-refractivity contribution in [1.29, 1.82) is 0 Å². The smallest absolute Gasteiger partial charge is 0.398 e. The zero-order valence-corrected chi connectivity index (χ0v) is 8.71. The fourth-order valence-electron chi connectivity index (χ4n) is 1.34. The van der Waals surface area contributed by atoms with Gasteiger partial charge in [-0.05, 0) is 23.8 Å². The molecule has 0 bridgehead atoms. The number of methoxy groups -OCH3 is 1. The van der Waals surface area contributed by atoms with Crippen LogP contribution in [0.3, 0.4) is 0 Å². The number of hydrogen-bond donors (Lipinski definition) is 2. The van der Waals surface area contributed by atoms with E-state index in [-0.39, 0.29) is 17.9 Å². The SMILES string of the molecule is COCC(N)c1cc(C(F)(F)F)ccc1N. The third-order valence-electron chi connectivity index (χ3n) is 2.16. The van der Waals surface area contributed by atoms with Gasteiger partial charge < -0.3 is 16.2 Å². The molecule has 3 nitrogen and oxygen atoms in total. The van der Waals surface area contributed by atoms with Gasteiger partial charge in [-0.2, -0.15) is 13.2 Å². The molecule has 1 rings (SSSR count). The molecule has 0 heterocycles. The van der Waals surface area contributed by atoms with Gasteiger partial charge in [0, 0.05) is 12.8 Å². The van der Waals surface area contributed by atoms with Crippen molar-refractivity contribution in [1.82, 2.24) is 0 Å². The van der Waals surface area contributed by atoms with Crippen molar-refractivity contribution in [3.63, 3.8) is 0 Å². The maximum absolute atomic E-state index is 12.4. The first-order valence-electron chi connectivity index (χ1n) is 4.57. The second kappa shape index (κ2) is 4.71. The minimum Gasteiger partial charge on any atom is -0.398 e. The molecule has 1 unspecified atom stereocenters. The highest BCUT2D eigenvalue weighted by molar-refractivity contribution is 5.50. The molecule has 16 heavy (non-hydrogen) atoms. The number of hydrogen-bond acceptors (Lipinski definition) is 3. The summed E-state index contributed by atoms with van der Waals surface area (Å²) in [5, 5.41) is 0. The second-order valence-corrected chi connectivity index (χ2v) is 3.40. The van der Waals surface area contributed by atoms with Gasteiger partial charge >= 0.3 is 6.18 Å². The summed E-state index contributed by atoms with van der Waals surface area (Å²) >= 11 is 0. The fourth-order valence-corrected chi connectivity index (χ4v) is 1.34. The van der Waals surface area contributed by atoms with Crippen LogP contribution in [0.4, 0.5) is 18.9 Å². The fraction of sp³-hybridized carbons (Fsp3) is 0.400. The normalized spacial score (nSPS) is 13.8. The summed E-state index contributed by atoms with van der Waals surface area (Å²) in [6, 6.07) is 2.43. The Bertz CT molecular complexity index is 366. The predicted octanol–water partition coefficient (Wildman–Crippen LogP) is 1.93. The quantitative estimate of drug-likeness (QED) is 0.785. The standard InChI is InChI=1S/C10H13F3N2O/c1-16-5-9(15)7-4-6(10(11,12)13)2-3-8(7)14/h2-4,9H,5,14-15H2,1H3. The van der Waals surface area contributed by atoms with E-state index >= 15 is 0 Å². The average molecular weight is 234 g/mol. The van der Waals surface area contributed by atoms with Crippen molar-refractivity contribution in [2.75, 3.05) is 19.5 Å². The Balaban J connectivity index is 3.09. The van der Waals surface area contributed by atoms with Crippen LogP contribution in [0.25, 0.3) is 0 Å². The van der Waals surface area contributed by atoms with Crippen molar-refractivity contribution in [3.8, 4) is 0 Å². The maximum Gasteiger partial charge on any atom is 0.416 e. The molecule has 0 radical (unpaired) electrons. The lowest BCUT2D eigenvalue weighted by Gasteiger charge is -2.16. The molecule has 1 aromatic rings. The lowest BCUT2D eigenvalue weighted by Crippen LogP contribution is -2.19. The first-order chi connectivity index (χ1) is 7.36. The summed E-state index contributed by atoms with van der Waals surface area (Å²) in [6.07, 6.45) is -4.39. The molecule has 0 saturated heterocycles. The Morgan fingerprint density at radius 3 is 2.50 bits per heavy atom. The zero-order valence-electron chi connectivity index (χ0n) is 8.71. The van der Waals surface area contributed by atoms with Gasteiger partial charge in [0.25, 0.3) is 0 Å².